The second-order valence-corrected chi connectivity index (χ2v) is 5.77. The Morgan fingerprint density at radius 3 is 3.00 bits per heavy atom. The molecule has 116 valence electrons. The molecule has 1 fully saturated rings. The summed E-state index contributed by atoms with van der Waals surface area (Å²) in [5, 5.41) is 8.05. The number of ether oxygens (including phenoxy) is 2. The quantitative estimate of drug-likeness (QED) is 0.863. The van der Waals surface area contributed by atoms with Gasteiger partial charge < -0.3 is 14.8 Å². The molecule has 1 N–H and O–H groups in total. The van der Waals surface area contributed by atoms with E-state index in [1.807, 2.05) is 18.5 Å². The summed E-state index contributed by atoms with van der Waals surface area (Å²) >= 11 is 0. The van der Waals surface area contributed by atoms with E-state index in [1.165, 1.54) is 0 Å². The Kier molecular flexibility index (Phi) is 4.14. The molecule has 6 nitrogen and oxygen atoms in total. The van der Waals surface area contributed by atoms with Gasteiger partial charge in [-0.25, -0.2) is 4.68 Å². The molecular weight excluding hydrogens is 270 g/mol. The number of rotatable bonds is 3. The minimum Gasteiger partial charge on any atom is -0.466 e. The van der Waals surface area contributed by atoms with Crippen molar-refractivity contribution in [1.82, 2.24) is 9.78 Å². The molecule has 2 atom stereocenters. The van der Waals surface area contributed by atoms with Crippen molar-refractivity contribution in [2.75, 3.05) is 31.7 Å². The normalized spacial score (nSPS) is 26.0. The summed E-state index contributed by atoms with van der Waals surface area (Å²) in [4.78, 5) is 12.0. The van der Waals surface area contributed by atoms with Crippen molar-refractivity contribution in [3.8, 4) is 0 Å². The standard InChI is InChI=1S/C15H23N3O3/c1-3-21-15(19)12-9-16-14-8-13(17-18(14)10(12)2)11-4-6-20-7-5-11/h8,10-12,16H,3-7,9H2,1-2H3. The van der Waals surface area contributed by atoms with Crippen LogP contribution in [-0.2, 0) is 14.3 Å². The van der Waals surface area contributed by atoms with E-state index in [2.05, 4.69) is 11.4 Å². The number of anilines is 1. The molecule has 1 saturated heterocycles. The Bertz CT molecular complexity index is 508. The maximum atomic E-state index is 12.0. The molecule has 0 bridgehead atoms. The molecule has 2 aliphatic heterocycles. The van der Waals surface area contributed by atoms with Crippen molar-refractivity contribution in [2.45, 2.75) is 38.6 Å². The summed E-state index contributed by atoms with van der Waals surface area (Å²) in [6.07, 6.45) is 2.04. The maximum Gasteiger partial charge on any atom is 0.312 e. The third-order valence-electron chi connectivity index (χ3n) is 4.45. The smallest absolute Gasteiger partial charge is 0.312 e. The van der Waals surface area contributed by atoms with Gasteiger partial charge in [-0.3, -0.25) is 4.79 Å². The molecule has 3 heterocycles. The summed E-state index contributed by atoms with van der Waals surface area (Å²) in [6, 6.07) is 2.14. The van der Waals surface area contributed by atoms with E-state index in [0.29, 0.717) is 19.1 Å². The van der Waals surface area contributed by atoms with Gasteiger partial charge in [0.15, 0.2) is 0 Å². The minimum atomic E-state index is -0.181. The largest absolute Gasteiger partial charge is 0.466 e. The number of carbonyl (C=O) groups excluding carboxylic acids is 1. The molecule has 3 rings (SSSR count). The van der Waals surface area contributed by atoms with Crippen molar-refractivity contribution in [3.63, 3.8) is 0 Å². The zero-order chi connectivity index (χ0) is 14.8. The highest BCUT2D eigenvalue weighted by molar-refractivity contribution is 5.74. The van der Waals surface area contributed by atoms with E-state index in [9.17, 15) is 4.79 Å². The maximum absolute atomic E-state index is 12.0. The molecule has 0 radical (unpaired) electrons. The van der Waals surface area contributed by atoms with E-state index in [4.69, 9.17) is 14.6 Å². The van der Waals surface area contributed by atoms with Crippen LogP contribution in [0.4, 0.5) is 5.82 Å². The topological polar surface area (TPSA) is 65.4 Å². The van der Waals surface area contributed by atoms with E-state index in [1.54, 1.807) is 0 Å². The number of nitrogens with zero attached hydrogens (tertiary/aromatic N) is 2. The number of hydrogen-bond acceptors (Lipinski definition) is 5. The Labute approximate surface area is 124 Å². The molecule has 21 heavy (non-hydrogen) atoms. The summed E-state index contributed by atoms with van der Waals surface area (Å²) in [7, 11) is 0. The molecule has 0 aliphatic carbocycles. The van der Waals surface area contributed by atoms with Crippen molar-refractivity contribution in [3.05, 3.63) is 11.8 Å². The molecule has 2 aliphatic rings. The van der Waals surface area contributed by atoms with Crippen LogP contribution in [-0.4, -0.2) is 42.1 Å². The highest BCUT2D eigenvalue weighted by atomic mass is 16.5. The van der Waals surface area contributed by atoms with Gasteiger partial charge in [0.1, 0.15) is 5.82 Å². The van der Waals surface area contributed by atoms with Gasteiger partial charge in [-0.2, -0.15) is 5.10 Å². The Morgan fingerprint density at radius 2 is 2.29 bits per heavy atom. The number of nitrogens with one attached hydrogen (secondary N) is 1. The molecule has 0 saturated carbocycles. The Hall–Kier alpha value is -1.56. The highest BCUT2D eigenvalue weighted by Gasteiger charge is 2.34. The predicted molar refractivity (Wildman–Crippen MR) is 78.3 cm³/mol. The van der Waals surface area contributed by atoms with Crippen molar-refractivity contribution >= 4 is 11.8 Å². The summed E-state index contributed by atoms with van der Waals surface area (Å²) in [5.74, 6) is 1.14. The number of fused-ring (bicyclic) bond motifs is 1. The summed E-state index contributed by atoms with van der Waals surface area (Å²) in [6.45, 7) is 6.51. The van der Waals surface area contributed by atoms with Crippen molar-refractivity contribution in [1.29, 1.82) is 0 Å². The number of hydrogen-bond donors (Lipinski definition) is 1. The van der Waals surface area contributed by atoms with Gasteiger partial charge in [0.25, 0.3) is 0 Å². The molecular formula is C15H23N3O3. The molecule has 1 aromatic heterocycles. The lowest BCUT2D eigenvalue weighted by Gasteiger charge is -2.29. The van der Waals surface area contributed by atoms with Gasteiger partial charge in [0.05, 0.1) is 24.3 Å². The molecule has 6 heteroatoms. The van der Waals surface area contributed by atoms with Crippen LogP contribution in [0.3, 0.4) is 0 Å². The van der Waals surface area contributed by atoms with E-state index in [0.717, 1.165) is 37.6 Å². The van der Waals surface area contributed by atoms with Crippen molar-refractivity contribution in [2.24, 2.45) is 5.92 Å². The van der Waals surface area contributed by atoms with Gasteiger partial charge in [0, 0.05) is 31.7 Å². The zero-order valence-corrected chi connectivity index (χ0v) is 12.7. The third kappa shape index (κ3) is 2.77. The molecule has 0 amide bonds. The monoisotopic (exact) mass is 293 g/mol. The Balaban J connectivity index is 1.78. The molecule has 2 unspecified atom stereocenters. The first kappa shape index (κ1) is 14.4. The second kappa shape index (κ2) is 6.05. The molecule has 0 spiro atoms. The predicted octanol–water partition coefficient (Wildman–Crippen LogP) is 1.94. The van der Waals surface area contributed by atoms with Crippen LogP contribution in [0, 0.1) is 5.92 Å². The first-order chi connectivity index (χ1) is 10.2. The lowest BCUT2D eigenvalue weighted by Crippen LogP contribution is -2.37. The van der Waals surface area contributed by atoms with Gasteiger partial charge >= 0.3 is 5.97 Å². The van der Waals surface area contributed by atoms with Crippen LogP contribution in [0.1, 0.15) is 44.3 Å². The zero-order valence-electron chi connectivity index (χ0n) is 12.7. The fraction of sp³-hybridized carbons (Fsp3) is 0.733. The lowest BCUT2D eigenvalue weighted by molar-refractivity contribution is -0.149. The number of aromatic nitrogens is 2. The fourth-order valence-corrected chi connectivity index (χ4v) is 3.13. The number of carbonyl (C=O) groups is 1. The van der Waals surface area contributed by atoms with Gasteiger partial charge in [0.2, 0.25) is 0 Å². The van der Waals surface area contributed by atoms with Gasteiger partial charge in [-0.05, 0) is 26.7 Å². The van der Waals surface area contributed by atoms with E-state index >= 15 is 0 Å². The van der Waals surface area contributed by atoms with E-state index < -0.39 is 0 Å². The van der Waals surface area contributed by atoms with Gasteiger partial charge in [-0.15, -0.1) is 0 Å². The fourth-order valence-electron chi connectivity index (χ4n) is 3.13. The van der Waals surface area contributed by atoms with Crippen LogP contribution < -0.4 is 5.32 Å². The highest BCUT2D eigenvalue weighted by Crippen LogP contribution is 2.33. The lowest BCUT2D eigenvalue weighted by atomic mass is 9.97. The van der Waals surface area contributed by atoms with E-state index in [-0.39, 0.29) is 17.9 Å². The third-order valence-corrected chi connectivity index (χ3v) is 4.45. The average molecular weight is 293 g/mol. The number of esters is 1. The summed E-state index contributed by atoms with van der Waals surface area (Å²) < 4.78 is 12.5. The van der Waals surface area contributed by atoms with Crippen LogP contribution in [0.25, 0.3) is 0 Å². The van der Waals surface area contributed by atoms with Crippen LogP contribution in [0.2, 0.25) is 0 Å². The van der Waals surface area contributed by atoms with Crippen LogP contribution >= 0.6 is 0 Å². The second-order valence-electron chi connectivity index (χ2n) is 5.77. The molecule has 0 aromatic carbocycles. The van der Waals surface area contributed by atoms with Crippen LogP contribution in [0.15, 0.2) is 6.07 Å². The average Bonchev–Trinajstić information content (AvgIpc) is 2.94. The first-order valence-corrected chi connectivity index (χ1v) is 7.78. The SMILES string of the molecule is CCOC(=O)C1CNc2cc(C3CCOCC3)nn2C1C. The Morgan fingerprint density at radius 1 is 1.52 bits per heavy atom. The first-order valence-electron chi connectivity index (χ1n) is 7.78. The molecule has 1 aromatic rings. The van der Waals surface area contributed by atoms with Gasteiger partial charge in [-0.1, -0.05) is 0 Å². The van der Waals surface area contributed by atoms with Crippen molar-refractivity contribution < 1.29 is 14.3 Å². The van der Waals surface area contributed by atoms with Crippen LogP contribution in [0.5, 0.6) is 0 Å². The minimum absolute atomic E-state index is 0.0221. The summed E-state index contributed by atoms with van der Waals surface area (Å²) in [5.41, 5.74) is 1.11.